The van der Waals surface area contributed by atoms with Crippen molar-refractivity contribution in [2.45, 2.75) is 19.0 Å². The molecule has 104 valence electrons. The van der Waals surface area contributed by atoms with E-state index in [-0.39, 0.29) is 6.04 Å². The third kappa shape index (κ3) is 4.76. The van der Waals surface area contributed by atoms with E-state index in [1.807, 2.05) is 0 Å². The van der Waals surface area contributed by atoms with E-state index in [0.29, 0.717) is 5.02 Å². The first-order valence-corrected chi connectivity index (χ1v) is 5.98. The summed E-state index contributed by atoms with van der Waals surface area (Å²) in [4.78, 5) is 22.2. The van der Waals surface area contributed by atoms with Crippen molar-refractivity contribution in [3.63, 3.8) is 0 Å². The van der Waals surface area contributed by atoms with Gasteiger partial charge in [-0.1, -0.05) is 23.7 Å². The van der Waals surface area contributed by atoms with Gasteiger partial charge >= 0.3 is 12.0 Å². The molecular weight excluding hydrogens is 272 g/mol. The number of urea groups is 1. The molecule has 7 heteroatoms. The predicted molar refractivity (Wildman–Crippen MR) is 70.0 cm³/mol. The molecule has 0 aliphatic rings. The van der Waals surface area contributed by atoms with Crippen LogP contribution in [0, 0.1) is 0 Å². The number of carboxylic acids is 1. The number of carbonyl (C=O) groups is 2. The van der Waals surface area contributed by atoms with Gasteiger partial charge in [-0.25, -0.2) is 9.59 Å². The van der Waals surface area contributed by atoms with Gasteiger partial charge in [0, 0.05) is 5.02 Å². The SMILES string of the molecule is CC(NC(=O)NC(CO)C(=O)O)c1cccc(Cl)c1. The Hall–Kier alpha value is -1.79. The minimum Gasteiger partial charge on any atom is -0.480 e. The number of amides is 2. The fourth-order valence-electron chi connectivity index (χ4n) is 1.44. The van der Waals surface area contributed by atoms with Crippen molar-refractivity contribution >= 4 is 23.6 Å². The fourth-order valence-corrected chi connectivity index (χ4v) is 1.64. The van der Waals surface area contributed by atoms with Crippen molar-refractivity contribution in [2.75, 3.05) is 6.61 Å². The zero-order valence-electron chi connectivity index (χ0n) is 10.3. The number of hydrogen-bond acceptors (Lipinski definition) is 3. The quantitative estimate of drug-likeness (QED) is 0.652. The number of carbonyl (C=O) groups excluding carboxylic acids is 1. The van der Waals surface area contributed by atoms with E-state index in [0.717, 1.165) is 5.56 Å². The van der Waals surface area contributed by atoms with Crippen LogP contribution in [0.2, 0.25) is 5.02 Å². The van der Waals surface area contributed by atoms with Gasteiger partial charge in [-0.3, -0.25) is 0 Å². The van der Waals surface area contributed by atoms with Crippen molar-refractivity contribution in [3.05, 3.63) is 34.9 Å². The van der Waals surface area contributed by atoms with Crippen molar-refractivity contribution in [3.8, 4) is 0 Å². The Balaban J connectivity index is 2.59. The Morgan fingerprint density at radius 1 is 1.37 bits per heavy atom. The molecule has 0 fully saturated rings. The van der Waals surface area contributed by atoms with Gasteiger partial charge in [0.25, 0.3) is 0 Å². The molecule has 1 aromatic carbocycles. The van der Waals surface area contributed by atoms with E-state index in [1.165, 1.54) is 0 Å². The highest BCUT2D eigenvalue weighted by molar-refractivity contribution is 6.30. The first-order chi connectivity index (χ1) is 8.93. The van der Waals surface area contributed by atoms with Gasteiger partial charge in [-0.05, 0) is 24.6 Å². The Bertz CT molecular complexity index is 467. The minimum absolute atomic E-state index is 0.341. The number of benzene rings is 1. The second kappa shape index (κ2) is 6.96. The van der Waals surface area contributed by atoms with E-state index in [9.17, 15) is 9.59 Å². The molecule has 0 heterocycles. The maximum atomic E-state index is 11.6. The normalized spacial score (nSPS) is 13.4. The molecule has 0 saturated heterocycles. The highest BCUT2D eigenvalue weighted by atomic mass is 35.5. The first kappa shape index (κ1) is 15.3. The summed E-state index contributed by atoms with van der Waals surface area (Å²) in [5, 5.41) is 22.7. The lowest BCUT2D eigenvalue weighted by molar-refractivity contribution is -0.140. The summed E-state index contributed by atoms with van der Waals surface area (Å²) < 4.78 is 0. The van der Waals surface area contributed by atoms with E-state index in [2.05, 4.69) is 10.6 Å². The van der Waals surface area contributed by atoms with Crippen LogP contribution < -0.4 is 10.6 Å². The molecule has 2 atom stereocenters. The van der Waals surface area contributed by atoms with Crippen LogP contribution >= 0.6 is 11.6 Å². The minimum atomic E-state index is -1.33. The van der Waals surface area contributed by atoms with Crippen LogP contribution in [0.3, 0.4) is 0 Å². The average Bonchev–Trinajstić information content (AvgIpc) is 2.35. The largest absolute Gasteiger partial charge is 0.480 e. The molecule has 1 rings (SSSR count). The summed E-state index contributed by atoms with van der Waals surface area (Å²) in [6.07, 6.45) is 0. The van der Waals surface area contributed by atoms with Crippen LogP contribution in [0.5, 0.6) is 0 Å². The van der Waals surface area contributed by atoms with Gasteiger partial charge in [-0.15, -0.1) is 0 Å². The number of aliphatic carboxylic acids is 1. The molecule has 1 aromatic rings. The third-order valence-corrected chi connectivity index (χ3v) is 2.72. The van der Waals surface area contributed by atoms with E-state index in [4.69, 9.17) is 21.8 Å². The Kier molecular flexibility index (Phi) is 5.59. The predicted octanol–water partition coefficient (Wildman–Crippen LogP) is 1.15. The molecule has 2 amide bonds. The molecule has 4 N–H and O–H groups in total. The topological polar surface area (TPSA) is 98.7 Å². The number of nitrogens with one attached hydrogen (secondary N) is 2. The Morgan fingerprint density at radius 3 is 2.58 bits per heavy atom. The third-order valence-electron chi connectivity index (χ3n) is 2.48. The molecule has 2 unspecified atom stereocenters. The number of aliphatic hydroxyl groups is 1. The molecule has 0 radical (unpaired) electrons. The lowest BCUT2D eigenvalue weighted by atomic mass is 10.1. The number of hydrogen-bond donors (Lipinski definition) is 4. The molecule has 0 aliphatic carbocycles. The van der Waals surface area contributed by atoms with E-state index in [1.54, 1.807) is 31.2 Å². The summed E-state index contributed by atoms with van der Waals surface area (Å²) in [6, 6.07) is 4.61. The van der Waals surface area contributed by atoms with E-state index >= 15 is 0 Å². The van der Waals surface area contributed by atoms with Crippen LogP contribution in [0.1, 0.15) is 18.5 Å². The summed E-state index contributed by atoms with van der Waals surface area (Å²) in [7, 11) is 0. The van der Waals surface area contributed by atoms with Crippen molar-refractivity contribution in [1.82, 2.24) is 10.6 Å². The molecule has 0 aliphatic heterocycles. The molecule has 0 saturated carbocycles. The van der Waals surface area contributed by atoms with Crippen molar-refractivity contribution in [2.24, 2.45) is 0 Å². The first-order valence-electron chi connectivity index (χ1n) is 5.60. The molecule has 0 aromatic heterocycles. The van der Waals surface area contributed by atoms with Crippen molar-refractivity contribution < 1.29 is 19.8 Å². The number of carboxylic acid groups (broad SMARTS) is 1. The van der Waals surface area contributed by atoms with Gasteiger partial charge in [0.2, 0.25) is 0 Å². The monoisotopic (exact) mass is 286 g/mol. The molecule has 19 heavy (non-hydrogen) atoms. The lowest BCUT2D eigenvalue weighted by Crippen LogP contribution is -2.48. The summed E-state index contributed by atoms with van der Waals surface area (Å²) >= 11 is 5.83. The maximum Gasteiger partial charge on any atom is 0.328 e. The Labute approximate surface area is 115 Å². The molecule has 6 nitrogen and oxygen atoms in total. The number of rotatable bonds is 5. The zero-order chi connectivity index (χ0) is 14.4. The standard InChI is InChI=1S/C12H15ClN2O4/c1-7(8-3-2-4-9(13)5-8)14-12(19)15-10(6-16)11(17)18/h2-5,7,10,16H,6H2,1H3,(H,17,18)(H2,14,15,19). The highest BCUT2D eigenvalue weighted by Gasteiger charge is 2.19. The second-order valence-corrected chi connectivity index (χ2v) is 4.40. The summed E-state index contributed by atoms with van der Waals surface area (Å²) in [5.41, 5.74) is 0.790. The lowest BCUT2D eigenvalue weighted by Gasteiger charge is -2.17. The fraction of sp³-hybridized carbons (Fsp3) is 0.333. The van der Waals surface area contributed by atoms with Crippen LogP contribution in [-0.4, -0.2) is 34.9 Å². The molecular formula is C12H15ClN2O4. The zero-order valence-corrected chi connectivity index (χ0v) is 11.0. The number of halogens is 1. The average molecular weight is 287 g/mol. The second-order valence-electron chi connectivity index (χ2n) is 3.97. The van der Waals surface area contributed by atoms with Crippen LogP contribution in [0.25, 0.3) is 0 Å². The number of aliphatic hydroxyl groups excluding tert-OH is 1. The van der Waals surface area contributed by atoms with Gasteiger partial charge in [0.15, 0.2) is 6.04 Å². The molecule has 0 bridgehead atoms. The van der Waals surface area contributed by atoms with Crippen LogP contribution in [0.4, 0.5) is 4.79 Å². The van der Waals surface area contributed by atoms with Gasteiger partial charge < -0.3 is 20.8 Å². The molecule has 0 spiro atoms. The van der Waals surface area contributed by atoms with Crippen LogP contribution in [0.15, 0.2) is 24.3 Å². The van der Waals surface area contributed by atoms with Gasteiger partial charge in [0.1, 0.15) is 0 Å². The van der Waals surface area contributed by atoms with Gasteiger partial charge in [-0.2, -0.15) is 0 Å². The highest BCUT2D eigenvalue weighted by Crippen LogP contribution is 2.17. The van der Waals surface area contributed by atoms with Crippen molar-refractivity contribution in [1.29, 1.82) is 0 Å². The maximum absolute atomic E-state index is 11.6. The smallest absolute Gasteiger partial charge is 0.328 e. The van der Waals surface area contributed by atoms with Gasteiger partial charge in [0.05, 0.1) is 12.6 Å². The summed E-state index contributed by atoms with van der Waals surface area (Å²) in [5.74, 6) is -1.30. The van der Waals surface area contributed by atoms with E-state index < -0.39 is 24.6 Å². The summed E-state index contributed by atoms with van der Waals surface area (Å²) in [6.45, 7) is 1.06. The Morgan fingerprint density at radius 2 is 2.05 bits per heavy atom. The van der Waals surface area contributed by atoms with Crippen LogP contribution in [-0.2, 0) is 4.79 Å².